The predicted molar refractivity (Wildman–Crippen MR) is 21.9 cm³/mol. The van der Waals surface area contributed by atoms with Gasteiger partial charge in [-0.05, 0) is 11.4 Å². The molecular weight excluding hydrogens is 83.0 g/mol. The van der Waals surface area contributed by atoms with Crippen LogP contribution >= 0.6 is 0 Å². The summed E-state index contributed by atoms with van der Waals surface area (Å²) in [5, 5.41) is 0. The van der Waals surface area contributed by atoms with Crippen LogP contribution in [0.15, 0.2) is 12.2 Å². The van der Waals surface area contributed by atoms with Gasteiger partial charge in [0, 0.05) is 0 Å². The Hall–Kier alpha value is -0.370. The van der Waals surface area contributed by atoms with Gasteiger partial charge in [-0.15, -0.1) is 0 Å². The van der Waals surface area contributed by atoms with Gasteiger partial charge < -0.3 is 0 Å². The molecule has 0 N–H and O–H groups in total. The van der Waals surface area contributed by atoms with Crippen molar-refractivity contribution >= 4 is 0 Å². The highest BCUT2D eigenvalue weighted by Crippen LogP contribution is 1.73. The summed E-state index contributed by atoms with van der Waals surface area (Å²) in [4.78, 5) is 3.20. The highest BCUT2D eigenvalue weighted by molar-refractivity contribution is 4.74. The van der Waals surface area contributed by atoms with Gasteiger partial charge in [-0.1, -0.05) is 12.2 Å². The van der Waals surface area contributed by atoms with Gasteiger partial charge in [0.1, 0.15) is 6.61 Å². The predicted octanol–water partition coefficient (Wildman–Crippen LogP) is 1.46. The van der Waals surface area contributed by atoms with E-state index in [2.05, 4.69) is 4.94 Å². The molecule has 6 heavy (non-hydrogen) atoms. The molecule has 0 heterocycles. The Bertz CT molecular complexity index is 42.8. The fraction of sp³-hybridized carbons (Fsp3) is 0.500. The van der Waals surface area contributed by atoms with E-state index in [4.69, 9.17) is 0 Å². The van der Waals surface area contributed by atoms with Gasteiger partial charge in [0.15, 0.2) is 0 Å². The molecule has 0 aromatic carbocycles. The molecule has 0 spiro atoms. The normalized spacial score (nSPS) is 10.3. The van der Waals surface area contributed by atoms with Crippen molar-refractivity contribution in [1.82, 2.24) is 0 Å². The Morgan fingerprint density at radius 2 is 2.50 bits per heavy atom. The fourth-order valence-corrected chi connectivity index (χ4v) is 0.133. The smallest absolute Gasteiger partial charge is 0.106 e. The van der Waals surface area contributed by atoms with Gasteiger partial charge in [0.05, 0.1) is 0 Å². The number of hydrogen-bond acceptors (Lipinski definition) is 1. The monoisotopic (exact) mass is 90.0 g/mol. The second-order valence-corrected chi connectivity index (χ2v) is 0.845. The first-order chi connectivity index (χ1) is 2.91. The maximum Gasteiger partial charge on any atom is 0.106 e. The molecule has 0 amide bonds. The first-order valence-electron chi connectivity index (χ1n) is 1.76. The van der Waals surface area contributed by atoms with Crippen molar-refractivity contribution in [3.63, 3.8) is 0 Å². The molecule has 1 nitrogen and oxygen atoms in total. The summed E-state index contributed by atoms with van der Waals surface area (Å²) < 4.78 is 10.6. The molecule has 0 aromatic rings. The van der Waals surface area contributed by atoms with Crippen molar-refractivity contribution in [3.8, 4) is 0 Å². The van der Waals surface area contributed by atoms with Crippen LogP contribution in [-0.4, -0.2) is 6.61 Å². The lowest BCUT2D eigenvalue weighted by Gasteiger charge is -1.75. The molecule has 0 radical (unpaired) electrons. The number of allylic oxidation sites excluding steroid dienone is 1. The van der Waals surface area contributed by atoms with E-state index in [1.807, 2.05) is 0 Å². The molecule has 0 unspecified atom stereocenters. The van der Waals surface area contributed by atoms with Crippen molar-refractivity contribution in [3.05, 3.63) is 12.2 Å². The summed E-state index contributed by atoms with van der Waals surface area (Å²) in [5.41, 5.74) is 0. The average molecular weight is 90.1 g/mol. The molecule has 2 heteroatoms. The second kappa shape index (κ2) is 4.63. The largest absolute Gasteiger partial charge is 0.190 e. The van der Waals surface area contributed by atoms with E-state index in [1.54, 1.807) is 19.1 Å². The van der Waals surface area contributed by atoms with E-state index in [0.29, 0.717) is 0 Å². The van der Waals surface area contributed by atoms with Crippen LogP contribution < -0.4 is 0 Å². The summed E-state index contributed by atoms with van der Waals surface area (Å²) in [7, 11) is 0. The Labute approximate surface area is 36.3 Å². The molecule has 0 fully saturated rings. The molecule has 0 aliphatic rings. The molecule has 0 atom stereocenters. The van der Waals surface area contributed by atoms with Crippen molar-refractivity contribution in [2.75, 3.05) is 6.61 Å². The van der Waals surface area contributed by atoms with Crippen LogP contribution in [0.3, 0.4) is 0 Å². The molecule has 0 aliphatic carbocycles. The molecular formula is C4H7FO. The maximum absolute atomic E-state index is 10.6. The average Bonchev–Trinajstić information content (AvgIpc) is 1.61. The van der Waals surface area contributed by atoms with Crippen LogP contribution in [-0.2, 0) is 4.94 Å². The van der Waals surface area contributed by atoms with E-state index in [-0.39, 0.29) is 6.61 Å². The van der Waals surface area contributed by atoms with E-state index in [1.165, 1.54) is 0 Å². The zero-order valence-electron chi connectivity index (χ0n) is 3.65. The van der Waals surface area contributed by atoms with Crippen LogP contribution in [0.1, 0.15) is 6.92 Å². The number of rotatable bonds is 2. The summed E-state index contributed by atoms with van der Waals surface area (Å²) in [6, 6.07) is 0. The van der Waals surface area contributed by atoms with Gasteiger partial charge in [-0.3, -0.25) is 0 Å². The third-order valence-corrected chi connectivity index (χ3v) is 0.395. The van der Waals surface area contributed by atoms with E-state index in [9.17, 15) is 4.53 Å². The van der Waals surface area contributed by atoms with Crippen LogP contribution in [0.2, 0.25) is 0 Å². The molecule has 0 rings (SSSR count). The molecule has 36 valence electrons. The van der Waals surface area contributed by atoms with Gasteiger partial charge >= 0.3 is 0 Å². The molecule has 0 saturated carbocycles. The van der Waals surface area contributed by atoms with Crippen LogP contribution in [0, 0.1) is 0 Å². The minimum atomic E-state index is 0.0660. The lowest BCUT2D eigenvalue weighted by Crippen LogP contribution is -1.72. The standard InChI is InChI=1S/C4H7FO/c1-2-3-4-6-5/h2-3H,4H2,1H3. The third kappa shape index (κ3) is 3.63. The Balaban J connectivity index is 2.66. The number of halogens is 1. The molecule has 0 aromatic heterocycles. The molecule has 0 bridgehead atoms. The van der Waals surface area contributed by atoms with Gasteiger partial charge in [0.25, 0.3) is 0 Å². The van der Waals surface area contributed by atoms with Crippen LogP contribution in [0.4, 0.5) is 4.53 Å². The summed E-state index contributed by atoms with van der Waals surface area (Å²) in [6.45, 7) is 1.87. The van der Waals surface area contributed by atoms with E-state index >= 15 is 0 Å². The van der Waals surface area contributed by atoms with Crippen molar-refractivity contribution in [2.24, 2.45) is 0 Å². The zero-order valence-corrected chi connectivity index (χ0v) is 3.65. The first kappa shape index (κ1) is 5.63. The quantitative estimate of drug-likeness (QED) is 0.466. The fourth-order valence-electron chi connectivity index (χ4n) is 0.133. The van der Waals surface area contributed by atoms with Crippen LogP contribution in [0.5, 0.6) is 0 Å². The first-order valence-corrected chi connectivity index (χ1v) is 1.76. The van der Waals surface area contributed by atoms with Gasteiger partial charge in [-0.25, -0.2) is 0 Å². The Kier molecular flexibility index (Phi) is 4.34. The van der Waals surface area contributed by atoms with E-state index < -0.39 is 0 Å². The lowest BCUT2D eigenvalue weighted by atomic mass is 10.6. The molecule has 0 aliphatic heterocycles. The third-order valence-electron chi connectivity index (χ3n) is 0.395. The highest BCUT2D eigenvalue weighted by atomic mass is 19.3. The van der Waals surface area contributed by atoms with E-state index in [0.717, 1.165) is 0 Å². The van der Waals surface area contributed by atoms with Gasteiger partial charge in [-0.2, -0.15) is 4.94 Å². The highest BCUT2D eigenvalue weighted by Gasteiger charge is 1.67. The summed E-state index contributed by atoms with van der Waals surface area (Å²) in [5.74, 6) is 0. The maximum atomic E-state index is 10.6. The summed E-state index contributed by atoms with van der Waals surface area (Å²) in [6.07, 6.45) is 3.31. The minimum Gasteiger partial charge on any atom is -0.190 e. The Morgan fingerprint density at radius 3 is 2.67 bits per heavy atom. The van der Waals surface area contributed by atoms with Crippen molar-refractivity contribution in [1.29, 1.82) is 0 Å². The lowest BCUT2D eigenvalue weighted by molar-refractivity contribution is -0.117. The number of hydrogen-bond donors (Lipinski definition) is 0. The van der Waals surface area contributed by atoms with Crippen molar-refractivity contribution in [2.45, 2.75) is 6.92 Å². The van der Waals surface area contributed by atoms with Crippen molar-refractivity contribution < 1.29 is 9.47 Å². The zero-order chi connectivity index (χ0) is 4.83. The Morgan fingerprint density at radius 1 is 1.83 bits per heavy atom. The SMILES string of the molecule is CC=CCOF. The van der Waals surface area contributed by atoms with Crippen LogP contribution in [0.25, 0.3) is 0 Å². The summed E-state index contributed by atoms with van der Waals surface area (Å²) >= 11 is 0. The topological polar surface area (TPSA) is 9.23 Å². The second-order valence-electron chi connectivity index (χ2n) is 0.845. The minimum absolute atomic E-state index is 0.0660. The molecule has 0 saturated heterocycles. The van der Waals surface area contributed by atoms with Gasteiger partial charge in [0.2, 0.25) is 0 Å².